The number of fused-ring (bicyclic) bond motifs is 4. The highest BCUT2D eigenvalue weighted by atomic mass is 19.1. The van der Waals surface area contributed by atoms with Gasteiger partial charge in [-0.2, -0.15) is 0 Å². The summed E-state index contributed by atoms with van der Waals surface area (Å²) in [5.41, 5.74) is 5.42. The second-order valence-electron chi connectivity index (χ2n) is 9.52. The Labute approximate surface area is 210 Å². The summed E-state index contributed by atoms with van der Waals surface area (Å²) in [5.74, 6) is -1.68. The Kier molecular flexibility index (Phi) is 5.23. The van der Waals surface area contributed by atoms with Crippen LogP contribution in [0.25, 0.3) is 33.3 Å². The third-order valence-electron chi connectivity index (χ3n) is 7.26. The van der Waals surface area contributed by atoms with Crippen LogP contribution in [0.2, 0.25) is 0 Å². The number of pyridine rings is 3. The minimum Gasteiger partial charge on any atom is -0.477 e. The number of hydrogen-bond donors (Lipinski definition) is 3. The predicted molar refractivity (Wildman–Crippen MR) is 138 cm³/mol. The van der Waals surface area contributed by atoms with Gasteiger partial charge in [0.05, 0.1) is 22.9 Å². The van der Waals surface area contributed by atoms with Crippen LogP contribution in [0.1, 0.15) is 28.0 Å². The number of nitrogens with zero attached hydrogens (tertiary/aromatic N) is 4. The number of aliphatic hydroxyl groups excluding tert-OH is 1. The molecule has 0 spiro atoms. The van der Waals surface area contributed by atoms with Crippen LogP contribution in [0.5, 0.6) is 0 Å². The first-order valence-electron chi connectivity index (χ1n) is 11.9. The highest BCUT2D eigenvalue weighted by molar-refractivity contribution is 5.98. The molecule has 1 aliphatic carbocycles. The number of β-amino-alcohol motifs (C(OH)–C–C–N with tert-alkyl or cyclic N) is 1. The lowest BCUT2D eigenvalue weighted by Crippen LogP contribution is -2.23. The number of carboxylic acid groups (broad SMARTS) is 1. The average molecular weight is 502 g/mol. The summed E-state index contributed by atoms with van der Waals surface area (Å²) in [4.78, 5) is 35.9. The Morgan fingerprint density at radius 1 is 1.19 bits per heavy atom. The number of aromatic nitrogens is 3. The van der Waals surface area contributed by atoms with Gasteiger partial charge in [0.2, 0.25) is 5.43 Å². The maximum atomic E-state index is 14.6. The molecule has 6 rings (SSSR count). The van der Waals surface area contributed by atoms with E-state index < -0.39 is 17.5 Å². The van der Waals surface area contributed by atoms with Gasteiger partial charge in [-0.15, -0.1) is 0 Å². The molecule has 3 N–H and O–H groups in total. The summed E-state index contributed by atoms with van der Waals surface area (Å²) in [5, 5.41) is 23.1. The summed E-state index contributed by atoms with van der Waals surface area (Å²) < 4.78 is 16.2. The Hall–Kier alpha value is -4.31. The van der Waals surface area contributed by atoms with E-state index in [1.165, 1.54) is 22.9 Å². The van der Waals surface area contributed by atoms with Crippen molar-refractivity contribution in [2.45, 2.75) is 18.9 Å². The molecule has 0 amide bonds. The zero-order valence-electron chi connectivity index (χ0n) is 20.2. The van der Waals surface area contributed by atoms with Crippen molar-refractivity contribution in [1.29, 1.82) is 0 Å². The number of nitrogens with one attached hydrogen (secondary N) is 1. The molecule has 0 saturated carbocycles. The van der Waals surface area contributed by atoms with Crippen molar-refractivity contribution < 1.29 is 19.4 Å². The SMILES string of the molecule is CNc1cc(F)cc2c1Cc1ncc(-c3cnc4c(c3)c(=O)c(C(=O)O)cn4C)c(N3CCC(O)C3)c1-2. The molecular weight excluding hydrogens is 477 g/mol. The van der Waals surface area contributed by atoms with Crippen molar-refractivity contribution >= 4 is 28.4 Å². The van der Waals surface area contributed by atoms with E-state index in [4.69, 9.17) is 4.98 Å². The second-order valence-corrected chi connectivity index (χ2v) is 9.52. The highest BCUT2D eigenvalue weighted by Crippen LogP contribution is 2.49. The molecule has 1 atom stereocenters. The summed E-state index contributed by atoms with van der Waals surface area (Å²) in [7, 11) is 3.39. The summed E-state index contributed by atoms with van der Waals surface area (Å²) >= 11 is 0. The lowest BCUT2D eigenvalue weighted by atomic mass is 9.97. The van der Waals surface area contributed by atoms with Crippen molar-refractivity contribution in [1.82, 2.24) is 14.5 Å². The minimum atomic E-state index is -1.31. The lowest BCUT2D eigenvalue weighted by Gasteiger charge is -2.25. The topological polar surface area (TPSA) is 121 Å². The number of carbonyl (C=O) groups is 1. The van der Waals surface area contributed by atoms with Gasteiger partial charge in [0.25, 0.3) is 0 Å². The average Bonchev–Trinajstić information content (AvgIpc) is 3.48. The van der Waals surface area contributed by atoms with E-state index in [1.807, 2.05) is 0 Å². The van der Waals surface area contributed by atoms with Crippen LogP contribution in [-0.4, -0.2) is 57.0 Å². The monoisotopic (exact) mass is 501 g/mol. The number of halogens is 1. The number of aryl methyl sites for hydroxylation is 1. The van der Waals surface area contributed by atoms with Gasteiger partial charge < -0.3 is 25.0 Å². The fraction of sp³-hybridized carbons (Fsp3) is 0.259. The zero-order valence-corrected chi connectivity index (χ0v) is 20.2. The number of aliphatic hydroxyl groups is 1. The maximum Gasteiger partial charge on any atom is 0.341 e. The molecule has 188 valence electrons. The standard InChI is InChI=1S/C27H24FN5O4/c1-29-21-7-14(28)6-17-16(21)8-22-23(17)24(33-4-3-15(34)11-33)19(10-30-22)13-5-18-25(35)20(27(36)37)12-32(2)26(18)31-9-13/h5-7,9-10,12,15,29,34H,3-4,8,11H2,1-2H3,(H,36,37). The van der Waals surface area contributed by atoms with E-state index in [0.717, 1.165) is 28.1 Å². The second kappa shape index (κ2) is 8.38. The molecule has 9 nitrogen and oxygen atoms in total. The van der Waals surface area contributed by atoms with E-state index in [-0.39, 0.29) is 16.8 Å². The van der Waals surface area contributed by atoms with Crippen LogP contribution in [-0.2, 0) is 13.5 Å². The molecule has 0 radical (unpaired) electrons. The van der Waals surface area contributed by atoms with Crippen LogP contribution in [0, 0.1) is 5.82 Å². The minimum absolute atomic E-state index is 0.178. The van der Waals surface area contributed by atoms with Gasteiger partial charge in [-0.1, -0.05) is 0 Å². The molecule has 1 saturated heterocycles. The molecule has 0 bridgehead atoms. The van der Waals surface area contributed by atoms with E-state index >= 15 is 0 Å². The molecule has 1 aliphatic heterocycles. The smallest absolute Gasteiger partial charge is 0.341 e. The fourth-order valence-corrected chi connectivity index (χ4v) is 5.55. The van der Waals surface area contributed by atoms with Crippen LogP contribution < -0.4 is 15.6 Å². The molecule has 3 aromatic heterocycles. The predicted octanol–water partition coefficient (Wildman–Crippen LogP) is 3.02. The number of carboxylic acids is 1. The van der Waals surface area contributed by atoms with Gasteiger partial charge in [0.1, 0.15) is 17.0 Å². The summed E-state index contributed by atoms with van der Waals surface area (Å²) in [6.45, 7) is 0.999. The Balaban J connectivity index is 1.64. The van der Waals surface area contributed by atoms with E-state index in [2.05, 4.69) is 15.2 Å². The van der Waals surface area contributed by atoms with Gasteiger partial charge in [-0.3, -0.25) is 9.78 Å². The normalized spacial score (nSPS) is 16.2. The molecule has 4 heterocycles. The van der Waals surface area contributed by atoms with Gasteiger partial charge in [0, 0.05) is 74.6 Å². The number of rotatable bonds is 4. The highest BCUT2D eigenvalue weighted by Gasteiger charge is 2.33. The van der Waals surface area contributed by atoms with Crippen molar-refractivity contribution in [2.75, 3.05) is 30.4 Å². The van der Waals surface area contributed by atoms with Gasteiger partial charge in [0.15, 0.2) is 0 Å². The fourth-order valence-electron chi connectivity index (χ4n) is 5.55. The Morgan fingerprint density at radius 2 is 2.00 bits per heavy atom. The first-order chi connectivity index (χ1) is 17.8. The third kappa shape index (κ3) is 3.55. The van der Waals surface area contributed by atoms with Gasteiger partial charge in [-0.25, -0.2) is 14.2 Å². The molecule has 37 heavy (non-hydrogen) atoms. The molecule has 1 fully saturated rings. The van der Waals surface area contributed by atoms with E-state index in [0.29, 0.717) is 48.4 Å². The quantitative estimate of drug-likeness (QED) is 0.344. The van der Waals surface area contributed by atoms with Crippen molar-refractivity contribution in [3.05, 3.63) is 69.7 Å². The number of aromatic carboxylic acids is 1. The zero-order chi connectivity index (χ0) is 26.0. The first-order valence-corrected chi connectivity index (χ1v) is 11.9. The molecule has 2 aliphatic rings. The number of benzene rings is 1. The van der Waals surface area contributed by atoms with Crippen molar-refractivity contribution in [3.63, 3.8) is 0 Å². The molecular formula is C27H24FN5O4. The van der Waals surface area contributed by atoms with Crippen LogP contribution >= 0.6 is 0 Å². The van der Waals surface area contributed by atoms with Crippen LogP contribution in [0.4, 0.5) is 15.8 Å². The molecule has 10 heteroatoms. The lowest BCUT2D eigenvalue weighted by molar-refractivity contribution is 0.0695. The Morgan fingerprint density at radius 3 is 2.70 bits per heavy atom. The van der Waals surface area contributed by atoms with Gasteiger partial charge in [-0.05, 0) is 35.7 Å². The van der Waals surface area contributed by atoms with Crippen molar-refractivity contribution in [2.24, 2.45) is 7.05 Å². The van der Waals surface area contributed by atoms with Gasteiger partial charge >= 0.3 is 5.97 Å². The summed E-state index contributed by atoms with van der Waals surface area (Å²) in [6, 6.07) is 4.61. The molecule has 1 aromatic carbocycles. The summed E-state index contributed by atoms with van der Waals surface area (Å²) in [6.07, 6.45) is 5.23. The van der Waals surface area contributed by atoms with E-state index in [1.54, 1.807) is 32.6 Å². The van der Waals surface area contributed by atoms with Crippen molar-refractivity contribution in [3.8, 4) is 22.3 Å². The maximum absolute atomic E-state index is 14.6. The number of hydrogen-bond acceptors (Lipinski definition) is 7. The molecule has 4 aromatic rings. The number of anilines is 2. The molecule has 1 unspecified atom stereocenters. The van der Waals surface area contributed by atoms with E-state index in [9.17, 15) is 24.2 Å². The first kappa shape index (κ1) is 23.1. The Bertz CT molecular complexity index is 1680. The van der Waals surface area contributed by atoms with Crippen LogP contribution in [0.15, 0.2) is 41.6 Å². The largest absolute Gasteiger partial charge is 0.477 e. The third-order valence-corrected chi connectivity index (χ3v) is 7.26. The van der Waals surface area contributed by atoms with Crippen LogP contribution in [0.3, 0.4) is 0 Å².